The molecule has 0 bridgehead atoms. The van der Waals surface area contributed by atoms with Crippen molar-refractivity contribution in [3.05, 3.63) is 60.2 Å². The molecule has 2 heteroatoms. The van der Waals surface area contributed by atoms with E-state index in [4.69, 9.17) is 10.5 Å². The van der Waals surface area contributed by atoms with E-state index in [2.05, 4.69) is 48.5 Å². The SMILES string of the molecule is N[C@H](c1cccc(-c2ccccc2)c1)C1CCOCC1. The van der Waals surface area contributed by atoms with Crippen LogP contribution in [0.25, 0.3) is 11.1 Å². The first-order chi connectivity index (χ1) is 9.84. The van der Waals surface area contributed by atoms with E-state index in [0.29, 0.717) is 5.92 Å². The molecule has 1 fully saturated rings. The Labute approximate surface area is 120 Å². The van der Waals surface area contributed by atoms with Gasteiger partial charge in [0, 0.05) is 19.3 Å². The maximum Gasteiger partial charge on any atom is 0.0469 e. The highest BCUT2D eigenvalue weighted by Crippen LogP contribution is 2.30. The largest absolute Gasteiger partial charge is 0.381 e. The molecular formula is C18H21NO. The molecule has 2 nitrogen and oxygen atoms in total. The molecule has 0 aromatic heterocycles. The first kappa shape index (κ1) is 13.3. The Kier molecular flexibility index (Phi) is 4.14. The summed E-state index contributed by atoms with van der Waals surface area (Å²) in [5.74, 6) is 0.537. The zero-order chi connectivity index (χ0) is 13.8. The number of ether oxygens (including phenoxy) is 1. The van der Waals surface area contributed by atoms with E-state index in [1.54, 1.807) is 0 Å². The van der Waals surface area contributed by atoms with Gasteiger partial charge in [-0.1, -0.05) is 48.5 Å². The number of rotatable bonds is 3. The van der Waals surface area contributed by atoms with Crippen molar-refractivity contribution in [2.24, 2.45) is 11.7 Å². The van der Waals surface area contributed by atoms with Crippen LogP contribution in [0.2, 0.25) is 0 Å². The molecule has 0 amide bonds. The fraction of sp³-hybridized carbons (Fsp3) is 0.333. The van der Waals surface area contributed by atoms with Crippen molar-refractivity contribution in [1.29, 1.82) is 0 Å². The number of nitrogens with two attached hydrogens (primary N) is 1. The second kappa shape index (κ2) is 6.21. The Bertz CT molecular complexity index is 546. The molecule has 0 aliphatic carbocycles. The number of hydrogen-bond donors (Lipinski definition) is 1. The van der Waals surface area contributed by atoms with Gasteiger partial charge in [0.05, 0.1) is 0 Å². The predicted octanol–water partition coefficient (Wildman–Crippen LogP) is 3.78. The van der Waals surface area contributed by atoms with E-state index in [9.17, 15) is 0 Å². The minimum atomic E-state index is 0.113. The lowest BCUT2D eigenvalue weighted by Gasteiger charge is -2.28. The maximum atomic E-state index is 6.46. The van der Waals surface area contributed by atoms with Crippen LogP contribution in [0.1, 0.15) is 24.4 Å². The summed E-state index contributed by atoms with van der Waals surface area (Å²) in [4.78, 5) is 0. The highest BCUT2D eigenvalue weighted by atomic mass is 16.5. The first-order valence-corrected chi connectivity index (χ1v) is 7.33. The average Bonchev–Trinajstić information content (AvgIpc) is 2.56. The molecule has 1 saturated heterocycles. The molecule has 2 aromatic carbocycles. The van der Waals surface area contributed by atoms with Crippen LogP contribution >= 0.6 is 0 Å². The molecular weight excluding hydrogens is 246 g/mol. The van der Waals surface area contributed by atoms with E-state index < -0.39 is 0 Å². The van der Waals surface area contributed by atoms with Gasteiger partial charge >= 0.3 is 0 Å². The normalized spacial score (nSPS) is 17.9. The summed E-state index contributed by atoms with van der Waals surface area (Å²) in [5.41, 5.74) is 10.2. The summed E-state index contributed by atoms with van der Waals surface area (Å²) < 4.78 is 5.42. The molecule has 2 N–H and O–H groups in total. The molecule has 2 aromatic rings. The minimum absolute atomic E-state index is 0.113. The van der Waals surface area contributed by atoms with Crippen molar-refractivity contribution in [3.63, 3.8) is 0 Å². The molecule has 1 aliphatic heterocycles. The zero-order valence-corrected chi connectivity index (χ0v) is 11.7. The van der Waals surface area contributed by atoms with E-state index in [0.717, 1.165) is 26.1 Å². The van der Waals surface area contributed by atoms with Crippen LogP contribution in [0.3, 0.4) is 0 Å². The van der Waals surface area contributed by atoms with Crippen molar-refractivity contribution in [3.8, 4) is 11.1 Å². The van der Waals surface area contributed by atoms with Crippen LogP contribution in [0.15, 0.2) is 54.6 Å². The van der Waals surface area contributed by atoms with Gasteiger partial charge in [0.25, 0.3) is 0 Å². The summed E-state index contributed by atoms with van der Waals surface area (Å²) in [6.07, 6.45) is 2.13. The van der Waals surface area contributed by atoms with Crippen LogP contribution in [0.4, 0.5) is 0 Å². The molecule has 0 radical (unpaired) electrons. The third-order valence-electron chi connectivity index (χ3n) is 4.15. The van der Waals surface area contributed by atoms with Gasteiger partial charge in [0.15, 0.2) is 0 Å². The van der Waals surface area contributed by atoms with Crippen LogP contribution in [0.5, 0.6) is 0 Å². The monoisotopic (exact) mass is 267 g/mol. The van der Waals surface area contributed by atoms with E-state index in [-0.39, 0.29) is 6.04 Å². The summed E-state index contributed by atoms with van der Waals surface area (Å²) in [6, 6.07) is 19.2. The van der Waals surface area contributed by atoms with Crippen molar-refractivity contribution in [1.82, 2.24) is 0 Å². The summed E-state index contributed by atoms with van der Waals surface area (Å²) in [5, 5.41) is 0. The lowest BCUT2D eigenvalue weighted by molar-refractivity contribution is 0.0584. The summed E-state index contributed by atoms with van der Waals surface area (Å²) >= 11 is 0. The Morgan fingerprint density at radius 3 is 2.35 bits per heavy atom. The topological polar surface area (TPSA) is 35.2 Å². The zero-order valence-electron chi connectivity index (χ0n) is 11.7. The van der Waals surface area contributed by atoms with Crippen LogP contribution in [-0.2, 0) is 4.74 Å². The van der Waals surface area contributed by atoms with Crippen LogP contribution in [-0.4, -0.2) is 13.2 Å². The lowest BCUT2D eigenvalue weighted by atomic mass is 9.87. The third-order valence-corrected chi connectivity index (χ3v) is 4.15. The van der Waals surface area contributed by atoms with Gasteiger partial charge in [-0.05, 0) is 41.5 Å². The quantitative estimate of drug-likeness (QED) is 0.918. The molecule has 1 heterocycles. The Hall–Kier alpha value is -1.64. The summed E-state index contributed by atoms with van der Waals surface area (Å²) in [7, 11) is 0. The van der Waals surface area contributed by atoms with E-state index >= 15 is 0 Å². The molecule has 0 spiro atoms. The Morgan fingerprint density at radius 2 is 1.60 bits per heavy atom. The highest BCUT2D eigenvalue weighted by molar-refractivity contribution is 5.64. The second-order valence-electron chi connectivity index (χ2n) is 5.47. The van der Waals surface area contributed by atoms with E-state index in [1.165, 1.54) is 16.7 Å². The fourth-order valence-corrected chi connectivity index (χ4v) is 2.90. The van der Waals surface area contributed by atoms with Crippen molar-refractivity contribution >= 4 is 0 Å². The smallest absolute Gasteiger partial charge is 0.0469 e. The predicted molar refractivity (Wildman–Crippen MR) is 82.3 cm³/mol. The molecule has 0 saturated carbocycles. The van der Waals surface area contributed by atoms with Crippen LogP contribution in [0, 0.1) is 5.92 Å². The van der Waals surface area contributed by atoms with Crippen molar-refractivity contribution in [2.45, 2.75) is 18.9 Å². The van der Waals surface area contributed by atoms with Crippen molar-refractivity contribution in [2.75, 3.05) is 13.2 Å². The average molecular weight is 267 g/mol. The molecule has 1 aliphatic rings. The van der Waals surface area contributed by atoms with Gasteiger partial charge in [-0.2, -0.15) is 0 Å². The number of hydrogen-bond acceptors (Lipinski definition) is 2. The van der Waals surface area contributed by atoms with Gasteiger partial charge in [0.1, 0.15) is 0 Å². The molecule has 104 valence electrons. The van der Waals surface area contributed by atoms with Gasteiger partial charge in [-0.15, -0.1) is 0 Å². The molecule has 20 heavy (non-hydrogen) atoms. The van der Waals surface area contributed by atoms with Gasteiger partial charge in [-0.3, -0.25) is 0 Å². The molecule has 3 rings (SSSR count). The van der Waals surface area contributed by atoms with Gasteiger partial charge in [0.2, 0.25) is 0 Å². The minimum Gasteiger partial charge on any atom is -0.381 e. The van der Waals surface area contributed by atoms with E-state index in [1.807, 2.05) is 6.07 Å². The molecule has 0 unspecified atom stereocenters. The Balaban J connectivity index is 1.83. The third kappa shape index (κ3) is 2.92. The lowest BCUT2D eigenvalue weighted by Crippen LogP contribution is -2.27. The summed E-state index contributed by atoms with van der Waals surface area (Å²) in [6.45, 7) is 1.69. The standard InChI is InChI=1S/C18H21NO/c19-18(15-9-11-20-12-10-15)17-8-4-7-16(13-17)14-5-2-1-3-6-14/h1-8,13,15,18H,9-12,19H2/t18-/m0/s1. The van der Waals surface area contributed by atoms with Crippen LogP contribution < -0.4 is 5.73 Å². The van der Waals surface area contributed by atoms with Gasteiger partial charge < -0.3 is 10.5 Å². The van der Waals surface area contributed by atoms with Gasteiger partial charge in [-0.25, -0.2) is 0 Å². The highest BCUT2D eigenvalue weighted by Gasteiger charge is 2.22. The van der Waals surface area contributed by atoms with Crippen molar-refractivity contribution < 1.29 is 4.74 Å². The second-order valence-corrected chi connectivity index (χ2v) is 5.47. The first-order valence-electron chi connectivity index (χ1n) is 7.33. The maximum absolute atomic E-state index is 6.46. The number of benzene rings is 2. The fourth-order valence-electron chi connectivity index (χ4n) is 2.90. The Morgan fingerprint density at radius 1 is 0.900 bits per heavy atom. The molecule has 1 atom stereocenters.